The number of hydrogen-bond acceptors (Lipinski definition) is 5. The van der Waals surface area contributed by atoms with Gasteiger partial charge in [-0.15, -0.1) is 0 Å². The Morgan fingerprint density at radius 3 is 2.42 bits per heavy atom. The number of nitrogens with zero attached hydrogens (tertiary/aromatic N) is 2. The van der Waals surface area contributed by atoms with Crippen LogP contribution >= 0.6 is 0 Å². The van der Waals surface area contributed by atoms with E-state index in [4.69, 9.17) is 0 Å². The van der Waals surface area contributed by atoms with Crippen LogP contribution in [0.2, 0.25) is 0 Å². The number of imide groups is 1. The lowest BCUT2D eigenvalue weighted by Crippen LogP contribution is -2.43. The molecule has 10 heteroatoms. The van der Waals surface area contributed by atoms with E-state index in [1.807, 2.05) is 0 Å². The Morgan fingerprint density at radius 1 is 1.06 bits per heavy atom. The fourth-order valence-corrected chi connectivity index (χ4v) is 3.12. The highest BCUT2D eigenvalue weighted by atomic mass is 19.1. The van der Waals surface area contributed by atoms with Gasteiger partial charge in [0.2, 0.25) is 11.8 Å². The van der Waals surface area contributed by atoms with E-state index >= 15 is 0 Å². The van der Waals surface area contributed by atoms with Gasteiger partial charge in [-0.05, 0) is 42.3 Å². The lowest BCUT2D eigenvalue weighted by molar-refractivity contribution is -0.135. The Morgan fingerprint density at radius 2 is 1.74 bits per heavy atom. The molecule has 2 aromatic rings. The zero-order valence-corrected chi connectivity index (χ0v) is 16.9. The number of aromatic nitrogens is 1. The van der Waals surface area contributed by atoms with E-state index < -0.39 is 35.7 Å². The molecule has 0 radical (unpaired) electrons. The monoisotopic (exact) mass is 427 g/mol. The number of nitrogens with one attached hydrogen (secondary N) is 3. The summed E-state index contributed by atoms with van der Waals surface area (Å²) < 4.78 is 13.2. The number of rotatable bonds is 8. The van der Waals surface area contributed by atoms with Crippen LogP contribution in [0.25, 0.3) is 0 Å². The Hall–Kier alpha value is -3.82. The van der Waals surface area contributed by atoms with Crippen molar-refractivity contribution in [1.29, 1.82) is 0 Å². The minimum absolute atomic E-state index is 0.0459. The molecule has 0 bridgehead atoms. The van der Waals surface area contributed by atoms with Crippen molar-refractivity contribution in [2.24, 2.45) is 0 Å². The number of pyridine rings is 1. The van der Waals surface area contributed by atoms with E-state index in [0.29, 0.717) is 12.1 Å². The summed E-state index contributed by atoms with van der Waals surface area (Å²) >= 11 is 0. The molecule has 1 unspecified atom stereocenters. The lowest BCUT2D eigenvalue weighted by atomic mass is 9.92. The van der Waals surface area contributed by atoms with Crippen molar-refractivity contribution in [3.8, 4) is 0 Å². The van der Waals surface area contributed by atoms with Crippen molar-refractivity contribution in [2.45, 2.75) is 25.4 Å². The van der Waals surface area contributed by atoms with Gasteiger partial charge in [0, 0.05) is 31.9 Å². The number of halogens is 1. The van der Waals surface area contributed by atoms with Gasteiger partial charge in [-0.2, -0.15) is 0 Å². The van der Waals surface area contributed by atoms with Crippen molar-refractivity contribution in [2.75, 3.05) is 13.1 Å². The van der Waals surface area contributed by atoms with E-state index in [2.05, 4.69) is 20.9 Å². The Bertz CT molecular complexity index is 983. The van der Waals surface area contributed by atoms with Crippen LogP contribution in [0, 0.1) is 5.82 Å². The zero-order chi connectivity index (χ0) is 22.4. The van der Waals surface area contributed by atoms with E-state index in [9.17, 15) is 23.6 Å². The van der Waals surface area contributed by atoms with Crippen molar-refractivity contribution in [3.63, 3.8) is 0 Å². The van der Waals surface area contributed by atoms with Crippen LogP contribution in [0.5, 0.6) is 0 Å². The molecule has 9 nitrogen and oxygen atoms in total. The van der Waals surface area contributed by atoms with Gasteiger partial charge in [-0.1, -0.05) is 12.1 Å². The summed E-state index contributed by atoms with van der Waals surface area (Å²) in [5.41, 5.74) is -0.0890. The molecule has 1 aliphatic heterocycles. The molecule has 1 atom stereocenters. The quantitative estimate of drug-likeness (QED) is 0.539. The standard InChI is InChI=1S/C21H22FN5O4/c1-21(15-2-4-16(22)5-3-15)19(30)27(20(31)26-21)13-18(29)24-11-8-17(28)25-12-14-6-9-23-10-7-14/h2-7,9-10H,8,11-13H2,1H3,(H,24,29)(H,25,28)(H,26,31). The predicted octanol–water partition coefficient (Wildman–Crippen LogP) is 0.810. The second-order valence-electron chi connectivity index (χ2n) is 7.19. The smallest absolute Gasteiger partial charge is 0.325 e. The van der Waals surface area contributed by atoms with E-state index in [1.54, 1.807) is 24.5 Å². The highest BCUT2D eigenvalue weighted by Gasteiger charge is 2.49. The second kappa shape index (κ2) is 9.33. The topological polar surface area (TPSA) is 120 Å². The molecule has 31 heavy (non-hydrogen) atoms. The molecular formula is C21H22FN5O4. The summed E-state index contributed by atoms with van der Waals surface area (Å²) in [5, 5.41) is 7.78. The van der Waals surface area contributed by atoms with Crippen LogP contribution in [0.3, 0.4) is 0 Å². The fourth-order valence-electron chi connectivity index (χ4n) is 3.12. The summed E-state index contributed by atoms with van der Waals surface area (Å²) in [7, 11) is 0. The maximum absolute atomic E-state index is 13.2. The zero-order valence-electron chi connectivity index (χ0n) is 16.9. The first-order valence-corrected chi connectivity index (χ1v) is 9.62. The maximum atomic E-state index is 13.2. The van der Waals surface area contributed by atoms with E-state index in [0.717, 1.165) is 10.5 Å². The molecule has 1 fully saturated rings. The maximum Gasteiger partial charge on any atom is 0.325 e. The minimum atomic E-state index is -1.39. The first-order chi connectivity index (χ1) is 14.8. The fraction of sp³-hybridized carbons (Fsp3) is 0.286. The van der Waals surface area contributed by atoms with Crippen LogP contribution in [-0.4, -0.2) is 46.7 Å². The van der Waals surface area contributed by atoms with Crippen LogP contribution < -0.4 is 16.0 Å². The predicted molar refractivity (Wildman–Crippen MR) is 108 cm³/mol. The van der Waals surface area contributed by atoms with Gasteiger partial charge in [0.15, 0.2) is 0 Å². The molecule has 5 amide bonds. The highest BCUT2D eigenvalue weighted by molar-refractivity contribution is 6.09. The Balaban J connectivity index is 1.46. The molecular weight excluding hydrogens is 405 g/mol. The molecule has 1 aliphatic rings. The summed E-state index contributed by atoms with van der Waals surface area (Å²) in [4.78, 5) is 53.7. The third-order valence-corrected chi connectivity index (χ3v) is 4.91. The van der Waals surface area contributed by atoms with Crippen molar-refractivity contribution >= 4 is 23.8 Å². The van der Waals surface area contributed by atoms with E-state index in [-0.39, 0.29) is 18.9 Å². The SMILES string of the molecule is CC1(c2ccc(F)cc2)NC(=O)N(CC(=O)NCCC(=O)NCc2ccncc2)C1=O. The second-order valence-corrected chi connectivity index (χ2v) is 7.19. The normalized spacial score (nSPS) is 17.9. The van der Waals surface area contributed by atoms with Gasteiger partial charge in [0.1, 0.15) is 17.9 Å². The molecule has 0 aliphatic carbocycles. The van der Waals surface area contributed by atoms with Gasteiger partial charge in [0.25, 0.3) is 5.91 Å². The number of carbonyl (C=O) groups excluding carboxylic acids is 4. The van der Waals surface area contributed by atoms with Gasteiger partial charge >= 0.3 is 6.03 Å². The average molecular weight is 427 g/mol. The van der Waals surface area contributed by atoms with Crippen molar-refractivity contribution < 1.29 is 23.6 Å². The number of benzene rings is 1. The third kappa shape index (κ3) is 5.21. The summed E-state index contributed by atoms with van der Waals surface area (Å²) in [5.74, 6) is -1.91. The highest BCUT2D eigenvalue weighted by Crippen LogP contribution is 2.28. The summed E-state index contributed by atoms with van der Waals surface area (Å²) in [6.07, 6.45) is 3.29. The van der Waals surface area contributed by atoms with Gasteiger partial charge < -0.3 is 16.0 Å². The number of urea groups is 1. The molecule has 1 aromatic carbocycles. The lowest BCUT2D eigenvalue weighted by Gasteiger charge is -2.22. The Labute approximate surface area is 178 Å². The molecule has 162 valence electrons. The van der Waals surface area contributed by atoms with Crippen LogP contribution in [-0.2, 0) is 26.5 Å². The third-order valence-electron chi connectivity index (χ3n) is 4.91. The summed E-state index contributed by atoms with van der Waals surface area (Å²) in [6.45, 7) is 1.41. The van der Waals surface area contributed by atoms with E-state index in [1.165, 1.54) is 31.2 Å². The van der Waals surface area contributed by atoms with Crippen LogP contribution in [0.15, 0.2) is 48.8 Å². The summed E-state index contributed by atoms with van der Waals surface area (Å²) in [6, 6.07) is 8.02. The number of carbonyl (C=O) groups is 4. The van der Waals surface area contributed by atoms with Crippen LogP contribution in [0.4, 0.5) is 9.18 Å². The molecule has 0 saturated carbocycles. The average Bonchev–Trinajstić information content (AvgIpc) is 2.97. The van der Waals surface area contributed by atoms with Gasteiger partial charge in [-0.25, -0.2) is 9.18 Å². The van der Waals surface area contributed by atoms with Crippen LogP contribution in [0.1, 0.15) is 24.5 Å². The molecule has 1 saturated heterocycles. The number of amides is 5. The molecule has 2 heterocycles. The molecule has 0 spiro atoms. The molecule has 3 N–H and O–H groups in total. The first-order valence-electron chi connectivity index (χ1n) is 9.62. The molecule has 1 aromatic heterocycles. The minimum Gasteiger partial charge on any atom is -0.354 e. The Kier molecular flexibility index (Phi) is 6.58. The van der Waals surface area contributed by atoms with Gasteiger partial charge in [0.05, 0.1) is 0 Å². The molecule has 3 rings (SSSR count). The first kappa shape index (κ1) is 21.9. The largest absolute Gasteiger partial charge is 0.354 e. The number of hydrogen-bond donors (Lipinski definition) is 3. The van der Waals surface area contributed by atoms with Crippen molar-refractivity contribution in [1.82, 2.24) is 25.8 Å². The van der Waals surface area contributed by atoms with Gasteiger partial charge in [-0.3, -0.25) is 24.3 Å². The van der Waals surface area contributed by atoms with Crippen molar-refractivity contribution in [3.05, 3.63) is 65.7 Å².